The van der Waals surface area contributed by atoms with Gasteiger partial charge < -0.3 is 5.32 Å². The van der Waals surface area contributed by atoms with Gasteiger partial charge in [0, 0.05) is 11.8 Å². The molecular formula is C13H11ClFN3O. The quantitative estimate of drug-likeness (QED) is 0.919. The first-order valence-electron chi connectivity index (χ1n) is 5.54. The molecule has 0 aliphatic heterocycles. The lowest BCUT2D eigenvalue weighted by molar-refractivity contribution is 0.102. The Bertz CT molecular complexity index is 626. The van der Waals surface area contributed by atoms with Crippen LogP contribution in [0.3, 0.4) is 0 Å². The van der Waals surface area contributed by atoms with Gasteiger partial charge in [0.25, 0.3) is 5.91 Å². The largest absolute Gasteiger partial charge is 0.306 e. The monoisotopic (exact) mass is 279 g/mol. The van der Waals surface area contributed by atoms with Gasteiger partial charge in [-0.2, -0.15) is 0 Å². The molecule has 1 aromatic heterocycles. The minimum absolute atomic E-state index is 0.0556. The number of benzene rings is 1. The predicted octanol–water partition coefficient (Wildman–Crippen LogP) is 3.14. The number of nitrogens with one attached hydrogen (secondary N) is 1. The maximum Gasteiger partial charge on any atom is 0.258 e. The molecule has 6 heteroatoms. The maximum absolute atomic E-state index is 12.9. The highest BCUT2D eigenvalue weighted by molar-refractivity contribution is 6.34. The van der Waals surface area contributed by atoms with Crippen molar-refractivity contribution < 1.29 is 9.18 Å². The van der Waals surface area contributed by atoms with Crippen molar-refractivity contribution in [2.45, 2.75) is 13.8 Å². The van der Waals surface area contributed by atoms with Gasteiger partial charge in [-0.1, -0.05) is 11.6 Å². The molecule has 0 bridgehead atoms. The molecule has 0 unspecified atom stereocenters. The van der Waals surface area contributed by atoms with Crippen molar-refractivity contribution in [1.82, 2.24) is 9.97 Å². The zero-order chi connectivity index (χ0) is 14.0. The Morgan fingerprint density at radius 2 is 2.00 bits per heavy atom. The number of carbonyl (C=O) groups excluding carboxylic acids is 1. The number of carbonyl (C=O) groups is 1. The van der Waals surface area contributed by atoms with Crippen molar-refractivity contribution in [3.63, 3.8) is 0 Å². The smallest absolute Gasteiger partial charge is 0.258 e. The number of rotatable bonds is 2. The third-order valence-corrected chi connectivity index (χ3v) is 2.70. The Morgan fingerprint density at radius 3 is 2.63 bits per heavy atom. The first-order chi connectivity index (χ1) is 8.95. The molecule has 0 saturated carbocycles. The lowest BCUT2D eigenvalue weighted by atomic mass is 10.2. The summed E-state index contributed by atoms with van der Waals surface area (Å²) in [5.74, 6) is 0.00803. The fourth-order valence-electron chi connectivity index (χ4n) is 1.64. The van der Waals surface area contributed by atoms with E-state index in [1.165, 1.54) is 12.1 Å². The average molecular weight is 280 g/mol. The van der Waals surface area contributed by atoms with Crippen LogP contribution in [0.2, 0.25) is 5.02 Å². The zero-order valence-corrected chi connectivity index (χ0v) is 11.1. The van der Waals surface area contributed by atoms with Gasteiger partial charge in [0.15, 0.2) is 0 Å². The van der Waals surface area contributed by atoms with Crippen LogP contribution in [-0.4, -0.2) is 15.9 Å². The highest BCUT2D eigenvalue weighted by Gasteiger charge is 2.12. The number of hydrogen-bond donors (Lipinski definition) is 1. The molecule has 0 aliphatic rings. The highest BCUT2D eigenvalue weighted by Crippen LogP contribution is 2.18. The van der Waals surface area contributed by atoms with E-state index in [-0.39, 0.29) is 10.6 Å². The fraction of sp³-hybridized carbons (Fsp3) is 0.154. The summed E-state index contributed by atoms with van der Waals surface area (Å²) in [6.07, 6.45) is 0. The SMILES string of the molecule is Cc1cc(NC(=O)c2ccc(F)cc2Cl)nc(C)n1. The first kappa shape index (κ1) is 13.4. The van der Waals surface area contributed by atoms with Crippen molar-refractivity contribution in [2.75, 3.05) is 5.32 Å². The number of anilines is 1. The summed E-state index contributed by atoms with van der Waals surface area (Å²) in [5, 5.41) is 2.66. The summed E-state index contributed by atoms with van der Waals surface area (Å²) in [4.78, 5) is 20.2. The maximum atomic E-state index is 12.9. The third-order valence-electron chi connectivity index (χ3n) is 2.38. The summed E-state index contributed by atoms with van der Waals surface area (Å²) in [6, 6.07) is 5.24. The van der Waals surface area contributed by atoms with Crippen LogP contribution in [0.1, 0.15) is 21.9 Å². The van der Waals surface area contributed by atoms with E-state index in [1.807, 2.05) is 0 Å². The van der Waals surface area contributed by atoms with E-state index >= 15 is 0 Å². The molecule has 1 heterocycles. The van der Waals surface area contributed by atoms with E-state index in [2.05, 4.69) is 15.3 Å². The number of aromatic nitrogens is 2. The summed E-state index contributed by atoms with van der Waals surface area (Å²) in [5.41, 5.74) is 0.935. The normalized spacial score (nSPS) is 10.3. The molecule has 98 valence electrons. The van der Waals surface area contributed by atoms with Gasteiger partial charge in [0.1, 0.15) is 17.5 Å². The van der Waals surface area contributed by atoms with Crippen molar-refractivity contribution in [1.29, 1.82) is 0 Å². The molecular weight excluding hydrogens is 269 g/mol. The van der Waals surface area contributed by atoms with Crippen LogP contribution in [0.5, 0.6) is 0 Å². The minimum Gasteiger partial charge on any atom is -0.306 e. The Kier molecular flexibility index (Phi) is 3.76. The second-order valence-electron chi connectivity index (χ2n) is 4.02. The van der Waals surface area contributed by atoms with E-state index in [9.17, 15) is 9.18 Å². The highest BCUT2D eigenvalue weighted by atomic mass is 35.5. The zero-order valence-electron chi connectivity index (χ0n) is 10.4. The van der Waals surface area contributed by atoms with E-state index in [0.29, 0.717) is 11.6 Å². The molecule has 0 saturated heterocycles. The minimum atomic E-state index is -0.490. The van der Waals surface area contributed by atoms with Crippen LogP contribution in [0, 0.1) is 19.7 Å². The van der Waals surface area contributed by atoms with Crippen molar-refractivity contribution in [3.05, 3.63) is 52.2 Å². The second-order valence-corrected chi connectivity index (χ2v) is 4.43. The molecule has 2 rings (SSSR count). The molecule has 4 nitrogen and oxygen atoms in total. The summed E-state index contributed by atoms with van der Waals surface area (Å²) in [6.45, 7) is 3.53. The first-order valence-corrected chi connectivity index (χ1v) is 5.92. The topological polar surface area (TPSA) is 54.9 Å². The van der Waals surface area contributed by atoms with Crippen LogP contribution in [0.15, 0.2) is 24.3 Å². The Balaban J connectivity index is 2.25. The Labute approximate surface area is 114 Å². The predicted molar refractivity (Wildman–Crippen MR) is 70.9 cm³/mol. The van der Waals surface area contributed by atoms with E-state index in [0.717, 1.165) is 11.8 Å². The molecule has 1 amide bonds. The van der Waals surface area contributed by atoms with Crippen molar-refractivity contribution in [3.8, 4) is 0 Å². The molecule has 0 radical (unpaired) electrons. The van der Waals surface area contributed by atoms with Crippen LogP contribution in [0.25, 0.3) is 0 Å². The van der Waals surface area contributed by atoms with E-state index in [1.54, 1.807) is 19.9 Å². The number of hydrogen-bond acceptors (Lipinski definition) is 3. The van der Waals surface area contributed by atoms with E-state index in [4.69, 9.17) is 11.6 Å². The van der Waals surface area contributed by atoms with Crippen LogP contribution < -0.4 is 5.32 Å². The summed E-state index contributed by atoms with van der Waals surface area (Å²) in [7, 11) is 0. The average Bonchev–Trinajstić information content (AvgIpc) is 2.26. The standard InChI is InChI=1S/C13H11ClFN3O/c1-7-5-12(17-8(2)16-7)18-13(19)10-4-3-9(15)6-11(10)14/h3-6H,1-2H3,(H,16,17,18,19). The van der Waals surface area contributed by atoms with Gasteiger partial charge in [-0.3, -0.25) is 4.79 Å². The van der Waals surface area contributed by atoms with Gasteiger partial charge in [0.2, 0.25) is 0 Å². The fourth-order valence-corrected chi connectivity index (χ4v) is 1.89. The summed E-state index contributed by atoms with van der Waals surface area (Å²) >= 11 is 5.82. The molecule has 1 N–H and O–H groups in total. The van der Waals surface area contributed by atoms with Crippen molar-refractivity contribution in [2.24, 2.45) is 0 Å². The number of halogens is 2. The number of amides is 1. The lowest BCUT2D eigenvalue weighted by Crippen LogP contribution is -2.14. The van der Waals surface area contributed by atoms with Gasteiger partial charge in [-0.05, 0) is 32.0 Å². The number of nitrogens with zero attached hydrogens (tertiary/aromatic N) is 2. The molecule has 1 aromatic carbocycles. The number of aryl methyl sites for hydroxylation is 2. The van der Waals surface area contributed by atoms with Gasteiger partial charge in [-0.25, -0.2) is 14.4 Å². The van der Waals surface area contributed by atoms with E-state index < -0.39 is 11.7 Å². The Hall–Kier alpha value is -2.01. The summed E-state index contributed by atoms with van der Waals surface area (Å²) < 4.78 is 12.9. The molecule has 0 spiro atoms. The van der Waals surface area contributed by atoms with Crippen LogP contribution in [-0.2, 0) is 0 Å². The lowest BCUT2D eigenvalue weighted by Gasteiger charge is -2.07. The second kappa shape index (κ2) is 5.32. The van der Waals surface area contributed by atoms with Crippen LogP contribution in [0.4, 0.5) is 10.2 Å². The molecule has 0 fully saturated rings. The molecule has 0 aliphatic carbocycles. The molecule has 0 atom stereocenters. The third kappa shape index (κ3) is 3.26. The van der Waals surface area contributed by atoms with Gasteiger partial charge in [-0.15, -0.1) is 0 Å². The molecule has 19 heavy (non-hydrogen) atoms. The van der Waals surface area contributed by atoms with Gasteiger partial charge in [0.05, 0.1) is 10.6 Å². The van der Waals surface area contributed by atoms with Gasteiger partial charge >= 0.3 is 0 Å². The van der Waals surface area contributed by atoms with Crippen LogP contribution >= 0.6 is 11.6 Å². The molecule has 2 aromatic rings. The van der Waals surface area contributed by atoms with Crippen molar-refractivity contribution >= 4 is 23.3 Å². The Morgan fingerprint density at radius 1 is 1.26 bits per heavy atom.